The highest BCUT2D eigenvalue weighted by Crippen LogP contribution is 2.19. The average Bonchev–Trinajstić information content (AvgIpc) is 2.40. The van der Waals surface area contributed by atoms with E-state index in [9.17, 15) is 4.79 Å². The Balaban J connectivity index is 0. The third kappa shape index (κ3) is 8.43. The Bertz CT molecular complexity index is 371. The van der Waals surface area contributed by atoms with Gasteiger partial charge in [0.1, 0.15) is 0 Å². The van der Waals surface area contributed by atoms with Crippen LogP contribution >= 0.6 is 0 Å². The van der Waals surface area contributed by atoms with Crippen LogP contribution in [0.3, 0.4) is 0 Å². The first-order valence-electron chi connectivity index (χ1n) is 5.99. The van der Waals surface area contributed by atoms with Crippen LogP contribution in [-0.4, -0.2) is 18.9 Å². The van der Waals surface area contributed by atoms with E-state index in [1.807, 2.05) is 65.0 Å². The Kier molecular flexibility index (Phi) is 10.8. The molecule has 0 amide bonds. The molecule has 0 saturated carbocycles. The standard InChI is InChI=1S/C11H14O.C2H3NO.C2H6/c1-11(2,3)10(12)9-7-5-4-6-8-9;1-3-2-4;1-2/h4-8H,1-3H3;1H3;1-2H3. The summed E-state index contributed by atoms with van der Waals surface area (Å²) in [6, 6.07) is 9.40. The maximum atomic E-state index is 11.7. The predicted molar refractivity (Wildman–Crippen MR) is 75.6 cm³/mol. The molecule has 100 valence electrons. The molecule has 18 heavy (non-hydrogen) atoms. The molecule has 0 radical (unpaired) electrons. The fourth-order valence-corrected chi connectivity index (χ4v) is 1.02. The van der Waals surface area contributed by atoms with E-state index in [1.165, 1.54) is 13.1 Å². The number of benzene rings is 1. The third-order valence-corrected chi connectivity index (χ3v) is 1.81. The van der Waals surface area contributed by atoms with Gasteiger partial charge >= 0.3 is 0 Å². The molecule has 1 aromatic rings. The Labute approximate surface area is 110 Å². The van der Waals surface area contributed by atoms with Gasteiger partial charge in [0.05, 0.1) is 0 Å². The SMILES string of the molecule is CC.CC(C)(C)C(=O)c1ccccc1.CN=C=O. The number of aliphatic imine (C=N–C) groups is 1. The molecule has 0 N–H and O–H groups in total. The summed E-state index contributed by atoms with van der Waals surface area (Å²) in [4.78, 5) is 23.5. The van der Waals surface area contributed by atoms with Gasteiger partial charge in [-0.2, -0.15) is 0 Å². The summed E-state index contributed by atoms with van der Waals surface area (Å²) in [6.07, 6.45) is 1.31. The van der Waals surface area contributed by atoms with Crippen molar-refractivity contribution in [3.8, 4) is 0 Å². The summed E-state index contributed by atoms with van der Waals surface area (Å²) >= 11 is 0. The molecule has 0 bridgehead atoms. The van der Waals surface area contributed by atoms with Gasteiger partial charge in [0.25, 0.3) is 0 Å². The Morgan fingerprint density at radius 2 is 1.50 bits per heavy atom. The van der Waals surface area contributed by atoms with Gasteiger partial charge in [-0.1, -0.05) is 65.0 Å². The molecule has 0 atom stereocenters. The minimum absolute atomic E-state index is 0.197. The first-order chi connectivity index (χ1) is 8.43. The van der Waals surface area contributed by atoms with Crippen LogP contribution in [-0.2, 0) is 4.79 Å². The van der Waals surface area contributed by atoms with Crippen LogP contribution in [0.1, 0.15) is 45.0 Å². The number of carbonyl (C=O) groups excluding carboxylic acids is 2. The van der Waals surface area contributed by atoms with E-state index in [1.54, 1.807) is 0 Å². The number of hydrogen-bond acceptors (Lipinski definition) is 3. The molecular weight excluding hydrogens is 226 g/mol. The number of carbonyl (C=O) groups is 1. The lowest BCUT2D eigenvalue weighted by atomic mass is 9.87. The summed E-state index contributed by atoms with van der Waals surface area (Å²) in [5.41, 5.74) is 0.520. The van der Waals surface area contributed by atoms with Crippen molar-refractivity contribution < 1.29 is 9.59 Å². The van der Waals surface area contributed by atoms with Crippen molar-refractivity contribution in [2.45, 2.75) is 34.6 Å². The van der Waals surface area contributed by atoms with Gasteiger partial charge in [-0.25, -0.2) is 9.79 Å². The summed E-state index contributed by atoms with van der Waals surface area (Å²) in [5, 5.41) is 0. The minimum atomic E-state index is -0.276. The number of Topliss-reactive ketones (excluding diaryl/α,β-unsaturated/α-hetero) is 1. The molecule has 0 spiro atoms. The molecular formula is C15H23NO2. The van der Waals surface area contributed by atoms with E-state index >= 15 is 0 Å². The number of nitrogens with zero attached hydrogens (tertiary/aromatic N) is 1. The van der Waals surface area contributed by atoms with E-state index in [4.69, 9.17) is 4.79 Å². The summed E-state index contributed by atoms with van der Waals surface area (Å²) in [7, 11) is 1.38. The van der Waals surface area contributed by atoms with Gasteiger partial charge in [-0.15, -0.1) is 0 Å². The minimum Gasteiger partial charge on any atom is -0.294 e. The lowest BCUT2D eigenvalue weighted by Crippen LogP contribution is -2.19. The fraction of sp³-hybridized carbons (Fsp3) is 0.467. The second-order valence-electron chi connectivity index (χ2n) is 4.26. The van der Waals surface area contributed by atoms with Crippen LogP contribution in [0.5, 0.6) is 0 Å². The highest BCUT2D eigenvalue weighted by atomic mass is 16.1. The molecule has 0 heterocycles. The zero-order valence-corrected chi connectivity index (χ0v) is 12.2. The van der Waals surface area contributed by atoms with Crippen molar-refractivity contribution in [1.29, 1.82) is 0 Å². The molecule has 3 nitrogen and oxygen atoms in total. The fourth-order valence-electron chi connectivity index (χ4n) is 1.02. The van der Waals surface area contributed by atoms with Crippen molar-refractivity contribution in [2.75, 3.05) is 7.05 Å². The number of ketones is 1. The monoisotopic (exact) mass is 249 g/mol. The van der Waals surface area contributed by atoms with Crippen molar-refractivity contribution in [1.82, 2.24) is 0 Å². The molecule has 0 fully saturated rings. The second kappa shape index (κ2) is 10.4. The van der Waals surface area contributed by atoms with E-state index in [-0.39, 0.29) is 11.2 Å². The summed E-state index contributed by atoms with van der Waals surface area (Å²) in [6.45, 7) is 9.80. The number of hydrogen-bond donors (Lipinski definition) is 0. The quantitative estimate of drug-likeness (QED) is 0.430. The third-order valence-electron chi connectivity index (χ3n) is 1.81. The van der Waals surface area contributed by atoms with E-state index in [0.717, 1.165) is 5.56 Å². The van der Waals surface area contributed by atoms with Crippen LogP contribution in [0.4, 0.5) is 0 Å². The van der Waals surface area contributed by atoms with Crippen molar-refractivity contribution in [3.05, 3.63) is 35.9 Å². The average molecular weight is 249 g/mol. The Morgan fingerprint density at radius 1 is 1.11 bits per heavy atom. The lowest BCUT2D eigenvalue weighted by Gasteiger charge is -2.16. The predicted octanol–water partition coefficient (Wildman–Crippen LogP) is 3.89. The molecule has 0 saturated heterocycles. The first kappa shape index (κ1) is 18.6. The second-order valence-corrected chi connectivity index (χ2v) is 4.26. The van der Waals surface area contributed by atoms with E-state index in [0.29, 0.717) is 0 Å². The number of rotatable bonds is 1. The zero-order valence-electron chi connectivity index (χ0n) is 12.2. The van der Waals surface area contributed by atoms with Crippen LogP contribution in [0, 0.1) is 5.41 Å². The normalized spacial score (nSPS) is 8.78. The Morgan fingerprint density at radius 3 is 1.78 bits per heavy atom. The van der Waals surface area contributed by atoms with Crippen molar-refractivity contribution in [3.63, 3.8) is 0 Å². The van der Waals surface area contributed by atoms with Crippen LogP contribution in [0.2, 0.25) is 0 Å². The molecule has 0 aromatic heterocycles. The lowest BCUT2D eigenvalue weighted by molar-refractivity contribution is 0.0858. The molecule has 0 aliphatic heterocycles. The van der Waals surface area contributed by atoms with Gasteiger partial charge < -0.3 is 0 Å². The molecule has 3 heteroatoms. The Hall–Kier alpha value is -1.73. The summed E-state index contributed by atoms with van der Waals surface area (Å²) < 4.78 is 0. The van der Waals surface area contributed by atoms with Gasteiger partial charge in [0.15, 0.2) is 5.78 Å². The molecule has 0 unspecified atom stereocenters. The van der Waals surface area contributed by atoms with Gasteiger partial charge in [0.2, 0.25) is 6.08 Å². The van der Waals surface area contributed by atoms with Crippen LogP contribution < -0.4 is 0 Å². The highest BCUT2D eigenvalue weighted by molar-refractivity contribution is 5.99. The summed E-state index contributed by atoms with van der Waals surface area (Å²) in [5.74, 6) is 0.197. The largest absolute Gasteiger partial charge is 0.294 e. The number of isocyanates is 1. The van der Waals surface area contributed by atoms with E-state index < -0.39 is 0 Å². The van der Waals surface area contributed by atoms with Crippen molar-refractivity contribution in [2.24, 2.45) is 10.4 Å². The molecule has 0 aliphatic carbocycles. The van der Waals surface area contributed by atoms with Gasteiger partial charge in [-0.05, 0) is 0 Å². The first-order valence-corrected chi connectivity index (χ1v) is 5.99. The maximum Gasteiger partial charge on any atom is 0.234 e. The molecule has 1 rings (SSSR count). The van der Waals surface area contributed by atoms with Crippen LogP contribution in [0.25, 0.3) is 0 Å². The molecule has 1 aromatic carbocycles. The van der Waals surface area contributed by atoms with Gasteiger partial charge in [0, 0.05) is 18.0 Å². The van der Waals surface area contributed by atoms with E-state index in [2.05, 4.69) is 4.99 Å². The highest BCUT2D eigenvalue weighted by Gasteiger charge is 2.21. The van der Waals surface area contributed by atoms with Crippen molar-refractivity contribution >= 4 is 11.9 Å². The zero-order chi connectivity index (χ0) is 14.6. The maximum absolute atomic E-state index is 11.7. The van der Waals surface area contributed by atoms with Gasteiger partial charge in [-0.3, -0.25) is 4.79 Å². The topological polar surface area (TPSA) is 46.5 Å². The van der Waals surface area contributed by atoms with Crippen LogP contribution in [0.15, 0.2) is 35.3 Å². The smallest absolute Gasteiger partial charge is 0.234 e. The molecule has 0 aliphatic rings.